The first-order valence-corrected chi connectivity index (χ1v) is 8.36. The monoisotopic (exact) mass is 326 g/mol. The van der Waals surface area contributed by atoms with E-state index in [-0.39, 0.29) is 5.91 Å². The van der Waals surface area contributed by atoms with Crippen LogP contribution in [0.25, 0.3) is 5.65 Å². The Bertz CT molecular complexity index is 872. The van der Waals surface area contributed by atoms with E-state index < -0.39 is 0 Å². The predicted octanol–water partition coefficient (Wildman–Crippen LogP) is 3.59. The van der Waals surface area contributed by atoms with Crippen molar-refractivity contribution in [2.75, 3.05) is 16.8 Å². The van der Waals surface area contributed by atoms with Crippen molar-refractivity contribution in [1.29, 1.82) is 0 Å². The molecule has 0 aliphatic rings. The Balaban J connectivity index is 2.01. The van der Waals surface area contributed by atoms with Gasteiger partial charge in [-0.3, -0.25) is 9.20 Å². The first-order chi connectivity index (χ1) is 11.1. The van der Waals surface area contributed by atoms with Crippen molar-refractivity contribution in [2.45, 2.75) is 18.9 Å². The molecule has 6 heteroatoms. The summed E-state index contributed by atoms with van der Waals surface area (Å²) in [6, 6.07) is 11.0. The molecule has 0 aliphatic carbocycles. The largest absolute Gasteiger partial charge is 0.398 e. The average Bonchev–Trinajstić information content (AvgIpc) is 2.85. The Labute approximate surface area is 138 Å². The van der Waals surface area contributed by atoms with Gasteiger partial charge >= 0.3 is 0 Å². The molecular formula is C17H18N4OS. The molecule has 0 aliphatic heterocycles. The summed E-state index contributed by atoms with van der Waals surface area (Å²) in [4.78, 5) is 17.0. The number of aromatic nitrogens is 2. The fourth-order valence-corrected chi connectivity index (χ4v) is 3.16. The van der Waals surface area contributed by atoms with Gasteiger partial charge in [0.15, 0.2) is 5.82 Å². The van der Waals surface area contributed by atoms with Crippen LogP contribution in [0.4, 0.5) is 11.5 Å². The molecule has 2 aromatic heterocycles. The highest BCUT2D eigenvalue weighted by molar-refractivity contribution is 7.99. The number of imidazole rings is 1. The molecule has 0 bridgehead atoms. The van der Waals surface area contributed by atoms with Gasteiger partial charge in [-0.25, -0.2) is 4.98 Å². The van der Waals surface area contributed by atoms with Crippen LogP contribution >= 0.6 is 11.8 Å². The summed E-state index contributed by atoms with van der Waals surface area (Å²) in [5, 5.41) is 3.81. The highest BCUT2D eigenvalue weighted by Crippen LogP contribution is 2.29. The van der Waals surface area contributed by atoms with Crippen LogP contribution in [0, 0.1) is 6.92 Å². The zero-order valence-electron chi connectivity index (χ0n) is 13.0. The van der Waals surface area contributed by atoms with Crippen LogP contribution in [-0.4, -0.2) is 21.0 Å². The Kier molecular flexibility index (Phi) is 4.25. The van der Waals surface area contributed by atoms with E-state index in [1.165, 1.54) is 0 Å². The number of pyridine rings is 1. The molecule has 0 saturated carbocycles. The first-order valence-electron chi connectivity index (χ1n) is 7.37. The molecule has 5 nitrogen and oxygen atoms in total. The van der Waals surface area contributed by atoms with E-state index in [0.29, 0.717) is 17.1 Å². The van der Waals surface area contributed by atoms with Gasteiger partial charge in [-0.1, -0.05) is 25.1 Å². The van der Waals surface area contributed by atoms with Crippen molar-refractivity contribution >= 4 is 34.8 Å². The van der Waals surface area contributed by atoms with E-state index in [9.17, 15) is 4.79 Å². The van der Waals surface area contributed by atoms with Crippen LogP contribution in [0.3, 0.4) is 0 Å². The lowest BCUT2D eigenvalue weighted by Gasteiger charge is -2.07. The molecule has 0 atom stereocenters. The summed E-state index contributed by atoms with van der Waals surface area (Å²) in [5.74, 6) is 1.20. The normalized spacial score (nSPS) is 10.9. The van der Waals surface area contributed by atoms with Crippen molar-refractivity contribution in [3.8, 4) is 0 Å². The highest BCUT2D eigenvalue weighted by atomic mass is 32.2. The molecule has 1 amide bonds. The minimum absolute atomic E-state index is 0.249. The number of carbonyl (C=O) groups excluding carboxylic acids is 1. The SMILES string of the molecule is CCSc1c(NC(=O)c2ccccc2N)nc2ccc(C)cn12. The second-order valence-electron chi connectivity index (χ2n) is 5.17. The summed E-state index contributed by atoms with van der Waals surface area (Å²) in [7, 11) is 0. The first kappa shape index (κ1) is 15.4. The van der Waals surface area contributed by atoms with E-state index in [0.717, 1.165) is 22.0 Å². The van der Waals surface area contributed by atoms with Crippen molar-refractivity contribution in [2.24, 2.45) is 0 Å². The zero-order valence-corrected chi connectivity index (χ0v) is 13.9. The summed E-state index contributed by atoms with van der Waals surface area (Å²) in [6.45, 7) is 4.10. The van der Waals surface area contributed by atoms with Crippen LogP contribution in [0.1, 0.15) is 22.8 Å². The lowest BCUT2D eigenvalue weighted by atomic mass is 10.2. The van der Waals surface area contributed by atoms with Crippen LogP contribution < -0.4 is 11.1 Å². The molecule has 0 spiro atoms. The molecule has 0 radical (unpaired) electrons. The van der Waals surface area contributed by atoms with Gasteiger partial charge in [-0.05, 0) is 36.4 Å². The van der Waals surface area contributed by atoms with E-state index in [1.54, 1.807) is 36.0 Å². The zero-order chi connectivity index (χ0) is 16.4. The van der Waals surface area contributed by atoms with Gasteiger partial charge in [-0.15, -0.1) is 11.8 Å². The van der Waals surface area contributed by atoms with Crippen LogP contribution in [0.15, 0.2) is 47.6 Å². The number of hydrogen-bond acceptors (Lipinski definition) is 4. The van der Waals surface area contributed by atoms with Crippen molar-refractivity contribution in [1.82, 2.24) is 9.38 Å². The predicted molar refractivity (Wildman–Crippen MR) is 95.1 cm³/mol. The average molecular weight is 326 g/mol. The lowest BCUT2D eigenvalue weighted by Crippen LogP contribution is -2.14. The Hall–Kier alpha value is -2.47. The molecule has 0 fully saturated rings. The number of nitrogen functional groups attached to an aromatic ring is 1. The van der Waals surface area contributed by atoms with Crippen molar-refractivity contribution in [3.63, 3.8) is 0 Å². The van der Waals surface area contributed by atoms with Gasteiger partial charge in [-0.2, -0.15) is 0 Å². The Morgan fingerprint density at radius 2 is 2.09 bits per heavy atom. The van der Waals surface area contributed by atoms with Gasteiger partial charge in [0, 0.05) is 11.9 Å². The number of thioether (sulfide) groups is 1. The molecule has 0 saturated heterocycles. The number of aryl methyl sites for hydroxylation is 1. The molecule has 1 aromatic carbocycles. The highest BCUT2D eigenvalue weighted by Gasteiger charge is 2.17. The third kappa shape index (κ3) is 3.03. The fraction of sp³-hybridized carbons (Fsp3) is 0.176. The molecule has 23 heavy (non-hydrogen) atoms. The van der Waals surface area contributed by atoms with Gasteiger partial charge in [0.1, 0.15) is 10.7 Å². The maximum absolute atomic E-state index is 12.5. The number of nitrogens with one attached hydrogen (secondary N) is 1. The fourth-order valence-electron chi connectivity index (χ4n) is 2.36. The number of anilines is 2. The van der Waals surface area contributed by atoms with E-state index in [4.69, 9.17) is 5.73 Å². The number of rotatable bonds is 4. The molecule has 0 unspecified atom stereocenters. The molecular weight excluding hydrogens is 308 g/mol. The number of nitrogens with two attached hydrogens (primary N) is 1. The summed E-state index contributed by atoms with van der Waals surface area (Å²) < 4.78 is 2.01. The number of hydrogen-bond donors (Lipinski definition) is 2. The molecule has 3 aromatic rings. The summed E-state index contributed by atoms with van der Waals surface area (Å²) in [5.41, 5.74) is 8.73. The lowest BCUT2D eigenvalue weighted by molar-refractivity contribution is 0.102. The standard InChI is InChI=1S/C17H18N4OS/c1-3-23-17-15(19-14-9-8-11(2)10-21(14)17)20-16(22)12-6-4-5-7-13(12)18/h4-10H,3,18H2,1-2H3,(H,20,22). The molecule has 3 rings (SSSR count). The molecule has 118 valence electrons. The summed E-state index contributed by atoms with van der Waals surface area (Å²) >= 11 is 1.64. The second-order valence-corrected chi connectivity index (χ2v) is 6.43. The number of nitrogens with zero attached hydrogens (tertiary/aromatic N) is 2. The quantitative estimate of drug-likeness (QED) is 0.568. The van der Waals surface area contributed by atoms with E-state index in [2.05, 4.69) is 17.2 Å². The summed E-state index contributed by atoms with van der Waals surface area (Å²) in [6.07, 6.45) is 2.02. The molecule has 2 heterocycles. The van der Waals surface area contributed by atoms with E-state index >= 15 is 0 Å². The number of carbonyl (C=O) groups is 1. The van der Waals surface area contributed by atoms with Gasteiger partial charge in [0.05, 0.1) is 5.56 Å². The van der Waals surface area contributed by atoms with Gasteiger partial charge in [0.2, 0.25) is 0 Å². The smallest absolute Gasteiger partial charge is 0.258 e. The van der Waals surface area contributed by atoms with Gasteiger partial charge < -0.3 is 11.1 Å². The number of para-hydroxylation sites is 1. The maximum atomic E-state index is 12.5. The number of benzene rings is 1. The van der Waals surface area contributed by atoms with Crippen molar-refractivity contribution < 1.29 is 4.79 Å². The second kappa shape index (κ2) is 6.34. The van der Waals surface area contributed by atoms with Crippen molar-refractivity contribution in [3.05, 3.63) is 53.7 Å². The third-order valence-corrected chi connectivity index (χ3v) is 4.39. The van der Waals surface area contributed by atoms with Gasteiger partial charge in [0.25, 0.3) is 5.91 Å². The Morgan fingerprint density at radius 1 is 1.30 bits per heavy atom. The number of fused-ring (bicyclic) bond motifs is 1. The Morgan fingerprint density at radius 3 is 2.83 bits per heavy atom. The topological polar surface area (TPSA) is 72.4 Å². The third-order valence-electron chi connectivity index (χ3n) is 3.44. The molecule has 3 N–H and O–H groups in total. The maximum Gasteiger partial charge on any atom is 0.258 e. The van der Waals surface area contributed by atoms with E-state index in [1.807, 2.05) is 29.7 Å². The minimum atomic E-state index is -0.249. The number of amides is 1. The van der Waals surface area contributed by atoms with Crippen LogP contribution in [0.2, 0.25) is 0 Å². The van der Waals surface area contributed by atoms with Crippen LogP contribution in [-0.2, 0) is 0 Å². The van der Waals surface area contributed by atoms with Crippen LogP contribution in [0.5, 0.6) is 0 Å². The minimum Gasteiger partial charge on any atom is -0.398 e.